The average molecular weight is 687 g/mol. The summed E-state index contributed by atoms with van der Waals surface area (Å²) in [6.07, 6.45) is 0. The molecule has 1 heterocycles. The molecule has 1 aromatic heterocycles. The summed E-state index contributed by atoms with van der Waals surface area (Å²) < 4.78 is 2.36. The van der Waals surface area contributed by atoms with Gasteiger partial charge in [-0.15, -0.1) is 0 Å². The lowest BCUT2D eigenvalue weighted by Crippen LogP contribution is -2.15. The fraction of sp³-hybridized carbons (Fsp3) is 0.0577. The van der Waals surface area contributed by atoms with Gasteiger partial charge in [-0.05, 0) is 124 Å². The van der Waals surface area contributed by atoms with Gasteiger partial charge in [-0.3, -0.25) is 4.57 Å². The van der Waals surface area contributed by atoms with Gasteiger partial charge in [0.2, 0.25) is 0 Å². The van der Waals surface area contributed by atoms with Gasteiger partial charge in [0.15, 0.2) is 0 Å². The van der Waals surface area contributed by atoms with Crippen LogP contribution >= 0.6 is 0 Å². The summed E-state index contributed by atoms with van der Waals surface area (Å²) in [6.45, 7) is 4.76. The Labute approximate surface area is 312 Å². The Balaban J connectivity index is 1.30. The van der Waals surface area contributed by atoms with Crippen molar-refractivity contribution >= 4 is 64.9 Å². The maximum atomic E-state index is 5.50. The van der Waals surface area contributed by atoms with E-state index in [0.717, 1.165) is 28.1 Å². The van der Waals surface area contributed by atoms with Crippen LogP contribution < -0.4 is 0 Å². The highest BCUT2D eigenvalue weighted by atomic mass is 15.1. The molecule has 10 aromatic carbocycles. The summed E-state index contributed by atoms with van der Waals surface area (Å²) in [7, 11) is 0. The van der Waals surface area contributed by atoms with Gasteiger partial charge in [0, 0.05) is 16.7 Å². The molecule has 0 bridgehead atoms. The smallest absolute Gasteiger partial charge is 0.146 e. The van der Waals surface area contributed by atoms with Gasteiger partial charge in [0.05, 0.1) is 11.0 Å². The monoisotopic (exact) mass is 686 g/mol. The third kappa shape index (κ3) is 3.87. The highest BCUT2D eigenvalue weighted by molar-refractivity contribution is 6.29. The summed E-state index contributed by atoms with van der Waals surface area (Å²) in [5.41, 5.74) is 12.1. The van der Waals surface area contributed by atoms with Crippen molar-refractivity contribution in [3.05, 3.63) is 181 Å². The molecule has 0 radical (unpaired) electrons. The summed E-state index contributed by atoms with van der Waals surface area (Å²) >= 11 is 0. The largest absolute Gasteiger partial charge is 0.292 e. The lowest BCUT2D eigenvalue weighted by Gasteiger charge is -2.24. The molecule has 54 heavy (non-hydrogen) atoms. The number of rotatable bonds is 3. The molecule has 0 unspecified atom stereocenters. The van der Waals surface area contributed by atoms with Crippen LogP contribution in [0.1, 0.15) is 25.0 Å². The van der Waals surface area contributed by atoms with Crippen LogP contribution in [-0.2, 0) is 5.41 Å². The maximum Gasteiger partial charge on any atom is 0.146 e. The van der Waals surface area contributed by atoms with Crippen molar-refractivity contribution in [3.63, 3.8) is 0 Å². The third-order valence-corrected chi connectivity index (χ3v) is 12.3. The van der Waals surface area contributed by atoms with Crippen LogP contribution in [0.4, 0.5) is 0 Å². The van der Waals surface area contributed by atoms with E-state index < -0.39 is 0 Å². The normalized spacial score (nSPS) is 13.5. The Bertz CT molecular complexity index is 3330. The first-order chi connectivity index (χ1) is 26.6. The molecule has 0 fully saturated rings. The first-order valence-electron chi connectivity index (χ1n) is 18.9. The topological polar surface area (TPSA) is 17.8 Å². The number of nitrogens with zero attached hydrogens (tertiary/aromatic N) is 2. The highest BCUT2D eigenvalue weighted by Gasteiger charge is 2.36. The molecule has 2 heteroatoms. The average Bonchev–Trinajstić information content (AvgIpc) is 3.70. The molecule has 0 aliphatic heterocycles. The number of hydrogen-bond acceptors (Lipinski definition) is 1. The molecule has 1 aliphatic carbocycles. The fourth-order valence-corrected chi connectivity index (χ4v) is 9.89. The van der Waals surface area contributed by atoms with Crippen molar-refractivity contribution in [2.24, 2.45) is 0 Å². The quantitative estimate of drug-likeness (QED) is 0.134. The number of imidazole rings is 1. The Kier molecular flexibility index (Phi) is 5.87. The molecular formula is C52H34N2. The molecule has 11 aromatic rings. The van der Waals surface area contributed by atoms with E-state index in [0.29, 0.717) is 0 Å². The van der Waals surface area contributed by atoms with Gasteiger partial charge < -0.3 is 0 Å². The van der Waals surface area contributed by atoms with Gasteiger partial charge in [0.1, 0.15) is 5.82 Å². The zero-order valence-electron chi connectivity index (χ0n) is 30.1. The second-order valence-corrected chi connectivity index (χ2v) is 15.5. The van der Waals surface area contributed by atoms with Crippen LogP contribution in [0.3, 0.4) is 0 Å². The Morgan fingerprint density at radius 3 is 1.91 bits per heavy atom. The number of benzene rings is 10. The van der Waals surface area contributed by atoms with Crippen molar-refractivity contribution in [2.75, 3.05) is 0 Å². The SMILES string of the molecule is CC1(C)c2ccccc2-c2cc3c(-c4ccc5ccc6cccc7ccc4c5c67)c4ccccc4c(-c4nc5ccccc5n4-c4ccccc4)c3cc21. The minimum absolute atomic E-state index is 0.157. The third-order valence-electron chi connectivity index (χ3n) is 12.3. The molecule has 0 amide bonds. The molecule has 252 valence electrons. The lowest BCUT2D eigenvalue weighted by molar-refractivity contribution is 0.661. The predicted octanol–water partition coefficient (Wildman–Crippen LogP) is 13.9. The Morgan fingerprint density at radius 2 is 1.07 bits per heavy atom. The van der Waals surface area contributed by atoms with Gasteiger partial charge >= 0.3 is 0 Å². The minimum atomic E-state index is -0.157. The Morgan fingerprint density at radius 1 is 0.426 bits per heavy atom. The van der Waals surface area contributed by atoms with Crippen LogP contribution in [0, 0.1) is 0 Å². The first-order valence-corrected chi connectivity index (χ1v) is 18.9. The highest BCUT2D eigenvalue weighted by Crippen LogP contribution is 2.54. The lowest BCUT2D eigenvalue weighted by atomic mass is 9.79. The van der Waals surface area contributed by atoms with Gasteiger partial charge in [-0.2, -0.15) is 0 Å². The minimum Gasteiger partial charge on any atom is -0.292 e. The van der Waals surface area contributed by atoms with Gasteiger partial charge in [-0.25, -0.2) is 4.98 Å². The van der Waals surface area contributed by atoms with Crippen molar-refractivity contribution in [2.45, 2.75) is 19.3 Å². The summed E-state index contributed by atoms with van der Waals surface area (Å²) in [6, 6.07) is 62.9. The van der Waals surface area contributed by atoms with Gasteiger partial charge in [-0.1, -0.05) is 147 Å². The van der Waals surface area contributed by atoms with E-state index in [1.165, 1.54) is 87.2 Å². The molecule has 0 saturated carbocycles. The van der Waals surface area contributed by atoms with Gasteiger partial charge in [0.25, 0.3) is 0 Å². The van der Waals surface area contributed by atoms with Crippen LogP contribution in [0.5, 0.6) is 0 Å². The second kappa shape index (κ2) is 10.7. The molecule has 0 saturated heterocycles. The standard InChI is InChI=1S/C52H34N2/c1-52(2)43-20-9-8-17-35(43)40-29-41-42(30-44(40)52)50(51-53-45-21-10-11-22-46(45)54(51)34-15-4-3-5-16-34)37-19-7-6-18-36(37)49(41)39-28-26-33-24-23-31-13-12-14-32-25-27-38(39)48(33)47(31)32/h3-30H,1-2H3. The van der Waals surface area contributed by atoms with Crippen molar-refractivity contribution in [1.82, 2.24) is 9.55 Å². The van der Waals surface area contributed by atoms with Crippen LogP contribution in [0.25, 0.3) is 104 Å². The number of fused-ring (bicyclic) bond motifs is 6. The van der Waals surface area contributed by atoms with Crippen molar-refractivity contribution in [1.29, 1.82) is 0 Å². The predicted molar refractivity (Wildman–Crippen MR) is 228 cm³/mol. The molecule has 2 nitrogen and oxygen atoms in total. The molecule has 0 N–H and O–H groups in total. The zero-order chi connectivity index (χ0) is 35.7. The number of aromatic nitrogens is 2. The van der Waals surface area contributed by atoms with Crippen molar-refractivity contribution in [3.8, 4) is 39.3 Å². The molecule has 0 spiro atoms. The summed E-state index contributed by atoms with van der Waals surface area (Å²) in [5, 5.41) is 12.7. The van der Waals surface area contributed by atoms with E-state index in [1.807, 2.05) is 0 Å². The van der Waals surface area contributed by atoms with Crippen LogP contribution in [0.2, 0.25) is 0 Å². The fourth-order valence-electron chi connectivity index (χ4n) is 9.89. The molecule has 0 atom stereocenters. The maximum absolute atomic E-state index is 5.50. The number of hydrogen-bond donors (Lipinski definition) is 0. The second-order valence-electron chi connectivity index (χ2n) is 15.5. The van der Waals surface area contributed by atoms with E-state index >= 15 is 0 Å². The number of para-hydroxylation sites is 3. The van der Waals surface area contributed by atoms with E-state index in [9.17, 15) is 0 Å². The van der Waals surface area contributed by atoms with Crippen molar-refractivity contribution < 1.29 is 0 Å². The molecule has 1 aliphatic rings. The Hall–Kier alpha value is -6.77. The first kappa shape index (κ1) is 29.8. The van der Waals surface area contributed by atoms with Crippen LogP contribution in [0.15, 0.2) is 170 Å². The van der Waals surface area contributed by atoms with E-state index in [2.05, 4.69) is 188 Å². The van der Waals surface area contributed by atoms with Crippen LogP contribution in [-0.4, -0.2) is 9.55 Å². The summed E-state index contributed by atoms with van der Waals surface area (Å²) in [5.74, 6) is 0.957. The van der Waals surface area contributed by atoms with E-state index in [-0.39, 0.29) is 5.41 Å². The molecular weight excluding hydrogens is 653 g/mol. The van der Waals surface area contributed by atoms with E-state index in [4.69, 9.17) is 4.98 Å². The molecule has 12 rings (SSSR count). The van der Waals surface area contributed by atoms with E-state index in [1.54, 1.807) is 0 Å². The zero-order valence-corrected chi connectivity index (χ0v) is 30.1. The summed E-state index contributed by atoms with van der Waals surface area (Å²) in [4.78, 5) is 5.50.